The lowest BCUT2D eigenvalue weighted by atomic mass is 10.1. The highest BCUT2D eigenvalue weighted by Crippen LogP contribution is 2.20. The number of thiol groups is 1. The first kappa shape index (κ1) is 10.9. The maximum atomic E-state index is 11.0. The monoisotopic (exact) mass is 234 g/mol. The van der Waals surface area contributed by atoms with Crippen LogP contribution in [0.15, 0.2) is 23.1 Å². The van der Waals surface area contributed by atoms with Gasteiger partial charge in [0.1, 0.15) is 0 Å². The van der Waals surface area contributed by atoms with Crippen molar-refractivity contribution in [3.8, 4) is 0 Å². The van der Waals surface area contributed by atoms with Crippen LogP contribution < -0.4 is 0 Å². The van der Waals surface area contributed by atoms with Crippen LogP contribution in [0.2, 0.25) is 5.02 Å². The molecule has 0 aliphatic carbocycles. The molecule has 1 aromatic carbocycles. The summed E-state index contributed by atoms with van der Waals surface area (Å²) in [6.07, 6.45) is 0.288. The maximum Gasteiger partial charge on any atom is 0.152 e. The molecular weight excluding hydrogens is 227 g/mol. The zero-order valence-corrected chi connectivity index (χ0v) is 9.16. The first-order chi connectivity index (χ1) is 6.13. The van der Waals surface area contributed by atoms with E-state index in [-0.39, 0.29) is 18.1 Å². The van der Waals surface area contributed by atoms with E-state index < -0.39 is 0 Å². The molecule has 0 atom stereocenters. The van der Waals surface area contributed by atoms with Crippen LogP contribution >= 0.6 is 35.8 Å². The minimum absolute atomic E-state index is 0.0267. The summed E-state index contributed by atoms with van der Waals surface area (Å²) in [5.41, 5.74) is 0.796. The van der Waals surface area contributed by atoms with E-state index in [0.29, 0.717) is 5.02 Å². The number of rotatable bonds is 3. The summed E-state index contributed by atoms with van der Waals surface area (Å²) in [5, 5.41) is 0.561. The number of carbonyl (C=O) groups excluding carboxylic acids is 1. The molecule has 0 aromatic heterocycles. The summed E-state index contributed by atoms with van der Waals surface area (Å²) in [6.45, 7) is 0. The van der Waals surface area contributed by atoms with Gasteiger partial charge in [-0.2, -0.15) is 0 Å². The molecule has 0 unspecified atom stereocenters. The van der Waals surface area contributed by atoms with Gasteiger partial charge in [0.15, 0.2) is 5.78 Å². The van der Waals surface area contributed by atoms with E-state index in [1.807, 2.05) is 0 Å². The third-order valence-corrected chi connectivity index (χ3v) is 2.50. The molecule has 70 valence electrons. The van der Waals surface area contributed by atoms with Crippen molar-refractivity contribution in [2.24, 2.45) is 0 Å². The summed E-state index contributed by atoms with van der Waals surface area (Å²) in [6, 6.07) is 5.29. The topological polar surface area (TPSA) is 17.1 Å². The smallest absolute Gasteiger partial charge is 0.152 e. The van der Waals surface area contributed by atoms with Gasteiger partial charge in [0.2, 0.25) is 0 Å². The number of hydrogen-bond donors (Lipinski definition) is 1. The van der Waals surface area contributed by atoms with E-state index in [4.69, 9.17) is 23.2 Å². The van der Waals surface area contributed by atoms with E-state index >= 15 is 0 Å². The minimum atomic E-state index is -0.0320. The lowest BCUT2D eigenvalue weighted by Crippen LogP contribution is -2.03. The van der Waals surface area contributed by atoms with Crippen LogP contribution in [0.25, 0.3) is 0 Å². The number of carbonyl (C=O) groups is 1. The van der Waals surface area contributed by atoms with Crippen molar-refractivity contribution in [2.75, 3.05) is 5.88 Å². The predicted molar refractivity (Wildman–Crippen MR) is 58.1 cm³/mol. The predicted octanol–water partition coefficient (Wildman–Crippen LogP) is 2.98. The van der Waals surface area contributed by atoms with E-state index in [2.05, 4.69) is 12.6 Å². The molecule has 0 aliphatic heterocycles. The molecule has 0 aliphatic rings. The first-order valence-electron chi connectivity index (χ1n) is 3.68. The Balaban J connectivity index is 2.83. The van der Waals surface area contributed by atoms with E-state index in [1.165, 1.54) is 0 Å². The molecule has 4 heteroatoms. The molecular formula is C9H8Cl2OS. The third kappa shape index (κ3) is 3.22. The van der Waals surface area contributed by atoms with E-state index in [0.717, 1.165) is 10.5 Å². The normalized spacial score (nSPS) is 10.1. The van der Waals surface area contributed by atoms with Gasteiger partial charge >= 0.3 is 0 Å². The fourth-order valence-electron chi connectivity index (χ4n) is 0.939. The Kier molecular flexibility index (Phi) is 4.10. The van der Waals surface area contributed by atoms with Crippen LogP contribution in [0.1, 0.15) is 5.56 Å². The largest absolute Gasteiger partial charge is 0.298 e. The second-order valence-corrected chi connectivity index (χ2v) is 3.82. The van der Waals surface area contributed by atoms with Gasteiger partial charge in [-0.25, -0.2) is 0 Å². The van der Waals surface area contributed by atoms with Crippen LogP contribution in [0, 0.1) is 0 Å². The fraction of sp³-hybridized carbons (Fsp3) is 0.222. The molecule has 13 heavy (non-hydrogen) atoms. The molecule has 0 radical (unpaired) electrons. The van der Waals surface area contributed by atoms with Crippen molar-refractivity contribution in [3.05, 3.63) is 28.8 Å². The zero-order chi connectivity index (χ0) is 9.84. The summed E-state index contributed by atoms with van der Waals surface area (Å²) in [4.78, 5) is 11.8. The van der Waals surface area contributed by atoms with Gasteiger partial charge in [-0.3, -0.25) is 4.79 Å². The second-order valence-electron chi connectivity index (χ2n) is 2.62. The fourth-order valence-corrected chi connectivity index (χ4v) is 1.56. The molecule has 0 spiro atoms. The number of Topliss-reactive ketones (excluding diaryl/α,β-unsaturated/α-hetero) is 1. The highest BCUT2D eigenvalue weighted by atomic mass is 35.5. The third-order valence-electron chi connectivity index (χ3n) is 1.57. The van der Waals surface area contributed by atoms with Crippen LogP contribution in [0.5, 0.6) is 0 Å². The number of hydrogen-bond acceptors (Lipinski definition) is 2. The van der Waals surface area contributed by atoms with Crippen LogP contribution in [-0.2, 0) is 11.2 Å². The second kappa shape index (κ2) is 4.89. The highest BCUT2D eigenvalue weighted by molar-refractivity contribution is 7.80. The van der Waals surface area contributed by atoms with Gasteiger partial charge in [0.05, 0.1) is 5.88 Å². The van der Waals surface area contributed by atoms with Gasteiger partial charge in [-0.05, 0) is 17.7 Å². The lowest BCUT2D eigenvalue weighted by molar-refractivity contribution is -0.116. The van der Waals surface area contributed by atoms with Crippen LogP contribution in [0.4, 0.5) is 0 Å². The van der Waals surface area contributed by atoms with Crippen LogP contribution in [-0.4, -0.2) is 11.7 Å². The maximum absolute atomic E-state index is 11.0. The standard InChI is InChI=1S/C9H8Cl2OS/c10-5-7(12)3-6-1-2-8(13)4-9(6)11/h1-2,4,13H,3,5H2. The molecule has 1 aromatic rings. The SMILES string of the molecule is O=C(CCl)Cc1ccc(S)cc1Cl. The van der Waals surface area contributed by atoms with Crippen molar-refractivity contribution in [2.45, 2.75) is 11.3 Å². The van der Waals surface area contributed by atoms with Crippen molar-refractivity contribution in [1.82, 2.24) is 0 Å². The number of ketones is 1. The number of halogens is 2. The first-order valence-corrected chi connectivity index (χ1v) is 5.04. The molecule has 0 fully saturated rings. The number of alkyl halides is 1. The lowest BCUT2D eigenvalue weighted by Gasteiger charge is -2.02. The average molecular weight is 235 g/mol. The summed E-state index contributed by atoms with van der Waals surface area (Å²) >= 11 is 15.4. The molecule has 0 bridgehead atoms. The highest BCUT2D eigenvalue weighted by Gasteiger charge is 2.05. The Bertz CT molecular complexity index is 325. The molecule has 0 saturated carbocycles. The summed E-state index contributed by atoms with van der Waals surface area (Å²) < 4.78 is 0. The zero-order valence-electron chi connectivity index (χ0n) is 6.76. The van der Waals surface area contributed by atoms with Crippen molar-refractivity contribution in [1.29, 1.82) is 0 Å². The summed E-state index contributed by atoms with van der Waals surface area (Å²) in [7, 11) is 0. The Morgan fingerprint density at radius 3 is 2.69 bits per heavy atom. The van der Waals surface area contributed by atoms with Crippen LogP contribution in [0.3, 0.4) is 0 Å². The van der Waals surface area contributed by atoms with E-state index in [9.17, 15) is 4.79 Å². The van der Waals surface area contributed by atoms with Crippen molar-refractivity contribution in [3.63, 3.8) is 0 Å². The van der Waals surface area contributed by atoms with Gasteiger partial charge in [0.25, 0.3) is 0 Å². The Morgan fingerprint density at radius 1 is 1.46 bits per heavy atom. The van der Waals surface area contributed by atoms with Crippen molar-refractivity contribution >= 4 is 41.6 Å². The molecule has 0 amide bonds. The summed E-state index contributed by atoms with van der Waals surface area (Å²) in [5.74, 6) is -0.00522. The van der Waals surface area contributed by atoms with Gasteiger partial charge in [0, 0.05) is 16.3 Å². The molecule has 1 nitrogen and oxygen atoms in total. The quantitative estimate of drug-likeness (QED) is 0.629. The Labute approximate surface area is 92.4 Å². The molecule has 0 heterocycles. The molecule has 0 N–H and O–H groups in total. The van der Waals surface area contributed by atoms with Gasteiger partial charge in [-0.1, -0.05) is 17.7 Å². The average Bonchev–Trinajstić information content (AvgIpc) is 2.09. The minimum Gasteiger partial charge on any atom is -0.298 e. The van der Waals surface area contributed by atoms with Gasteiger partial charge < -0.3 is 0 Å². The van der Waals surface area contributed by atoms with Crippen molar-refractivity contribution < 1.29 is 4.79 Å². The number of benzene rings is 1. The molecule has 0 saturated heterocycles. The Hall–Kier alpha value is -0.180. The van der Waals surface area contributed by atoms with E-state index in [1.54, 1.807) is 18.2 Å². The Morgan fingerprint density at radius 2 is 2.15 bits per heavy atom. The molecule has 1 rings (SSSR count). The van der Waals surface area contributed by atoms with Gasteiger partial charge in [-0.15, -0.1) is 24.2 Å².